The molecule has 6 heteroatoms. The van der Waals surface area contributed by atoms with Crippen LogP contribution in [0.25, 0.3) is 0 Å². The average molecular weight is 495 g/mol. The van der Waals surface area contributed by atoms with Gasteiger partial charge >= 0.3 is 0 Å². The SMILES string of the molecule is CC(C)Oc1ccc(C(=O)N(C)c2ccccc2C(=O)NCCc2ccccc2)cc1Br. The van der Waals surface area contributed by atoms with Crippen LogP contribution in [-0.2, 0) is 6.42 Å². The van der Waals surface area contributed by atoms with Gasteiger partial charge in [-0.25, -0.2) is 0 Å². The van der Waals surface area contributed by atoms with Gasteiger partial charge in [-0.15, -0.1) is 0 Å². The molecule has 0 atom stereocenters. The Hall–Kier alpha value is -3.12. The second kappa shape index (κ2) is 11.0. The molecule has 166 valence electrons. The molecule has 1 N–H and O–H groups in total. The molecule has 0 saturated heterocycles. The van der Waals surface area contributed by atoms with E-state index in [1.807, 2.05) is 50.2 Å². The van der Waals surface area contributed by atoms with Crippen LogP contribution >= 0.6 is 15.9 Å². The number of carbonyl (C=O) groups excluding carboxylic acids is 2. The minimum atomic E-state index is -0.216. The normalized spacial score (nSPS) is 10.7. The van der Waals surface area contributed by atoms with Crippen LogP contribution in [0.1, 0.15) is 40.1 Å². The summed E-state index contributed by atoms with van der Waals surface area (Å²) in [5.41, 5.74) is 2.65. The van der Waals surface area contributed by atoms with E-state index in [9.17, 15) is 9.59 Å². The van der Waals surface area contributed by atoms with Crippen molar-refractivity contribution >= 4 is 33.4 Å². The molecule has 0 aliphatic rings. The van der Waals surface area contributed by atoms with E-state index in [4.69, 9.17) is 4.74 Å². The highest BCUT2D eigenvalue weighted by molar-refractivity contribution is 9.10. The maximum atomic E-state index is 13.1. The highest BCUT2D eigenvalue weighted by atomic mass is 79.9. The highest BCUT2D eigenvalue weighted by Gasteiger charge is 2.20. The minimum Gasteiger partial charge on any atom is -0.490 e. The number of benzene rings is 3. The number of anilines is 1. The van der Waals surface area contributed by atoms with Crippen LogP contribution in [0, 0.1) is 0 Å². The van der Waals surface area contributed by atoms with Gasteiger partial charge in [0.05, 0.1) is 21.8 Å². The van der Waals surface area contributed by atoms with Crippen LogP contribution in [0.3, 0.4) is 0 Å². The average Bonchev–Trinajstić information content (AvgIpc) is 2.80. The van der Waals surface area contributed by atoms with Crippen LogP contribution in [0.15, 0.2) is 77.3 Å². The molecule has 3 aromatic rings. The lowest BCUT2D eigenvalue weighted by Crippen LogP contribution is -2.31. The molecule has 0 aliphatic heterocycles. The quantitative estimate of drug-likeness (QED) is 0.450. The fraction of sp³-hybridized carbons (Fsp3) is 0.231. The fourth-order valence-corrected chi connectivity index (χ4v) is 3.78. The Balaban J connectivity index is 1.73. The summed E-state index contributed by atoms with van der Waals surface area (Å²) >= 11 is 3.47. The zero-order chi connectivity index (χ0) is 23.1. The number of ether oxygens (including phenoxy) is 1. The molecule has 2 amide bonds. The number of halogens is 1. The monoisotopic (exact) mass is 494 g/mol. The highest BCUT2D eigenvalue weighted by Crippen LogP contribution is 2.28. The molecule has 0 radical (unpaired) electrons. The van der Waals surface area contributed by atoms with E-state index in [0.29, 0.717) is 33.6 Å². The van der Waals surface area contributed by atoms with Gasteiger partial charge in [0.1, 0.15) is 5.75 Å². The Bertz CT molecular complexity index is 1080. The molecule has 0 heterocycles. The van der Waals surface area contributed by atoms with Gasteiger partial charge in [0.15, 0.2) is 0 Å². The topological polar surface area (TPSA) is 58.6 Å². The van der Waals surface area contributed by atoms with Crippen LogP contribution < -0.4 is 15.0 Å². The van der Waals surface area contributed by atoms with Crippen molar-refractivity contribution in [3.05, 3.63) is 94.0 Å². The molecule has 0 bridgehead atoms. The van der Waals surface area contributed by atoms with E-state index >= 15 is 0 Å². The van der Waals surface area contributed by atoms with Crippen molar-refractivity contribution in [3.8, 4) is 5.75 Å². The first-order chi connectivity index (χ1) is 15.4. The van der Waals surface area contributed by atoms with Gasteiger partial charge in [0.2, 0.25) is 0 Å². The van der Waals surface area contributed by atoms with Crippen LogP contribution in [0.5, 0.6) is 5.75 Å². The standard InChI is InChI=1S/C26H27BrN2O3/c1-18(2)32-24-14-13-20(17-22(24)27)26(31)29(3)23-12-8-7-11-21(23)25(30)28-16-15-19-9-5-4-6-10-19/h4-14,17-18H,15-16H2,1-3H3,(H,28,30). The number of rotatable bonds is 8. The van der Waals surface area contributed by atoms with Crippen LogP contribution in [-0.4, -0.2) is 31.5 Å². The lowest BCUT2D eigenvalue weighted by atomic mass is 10.1. The van der Waals surface area contributed by atoms with E-state index in [1.165, 1.54) is 4.90 Å². The second-order valence-corrected chi connectivity index (χ2v) is 8.54. The first-order valence-electron chi connectivity index (χ1n) is 10.5. The molecule has 0 saturated carbocycles. The van der Waals surface area contributed by atoms with E-state index in [1.54, 1.807) is 43.4 Å². The molecule has 5 nitrogen and oxygen atoms in total. The predicted molar refractivity (Wildman–Crippen MR) is 132 cm³/mol. The third-order valence-corrected chi connectivity index (χ3v) is 5.52. The van der Waals surface area contributed by atoms with Gasteiger partial charge in [0.25, 0.3) is 11.8 Å². The fourth-order valence-electron chi connectivity index (χ4n) is 3.30. The second-order valence-electron chi connectivity index (χ2n) is 7.68. The summed E-state index contributed by atoms with van der Waals surface area (Å²) in [5.74, 6) is 0.252. The minimum absolute atomic E-state index is 0.0304. The van der Waals surface area contributed by atoms with Gasteiger partial charge in [-0.05, 0) is 72.1 Å². The molecule has 0 spiro atoms. The lowest BCUT2D eigenvalue weighted by molar-refractivity contribution is 0.0954. The van der Waals surface area contributed by atoms with Gasteiger partial charge in [-0.3, -0.25) is 9.59 Å². The zero-order valence-electron chi connectivity index (χ0n) is 18.5. The summed E-state index contributed by atoms with van der Waals surface area (Å²) < 4.78 is 6.43. The summed E-state index contributed by atoms with van der Waals surface area (Å²) in [4.78, 5) is 27.5. The molecule has 32 heavy (non-hydrogen) atoms. The first-order valence-corrected chi connectivity index (χ1v) is 11.3. The van der Waals surface area contributed by atoms with Crippen molar-refractivity contribution in [2.45, 2.75) is 26.4 Å². The predicted octanol–water partition coefficient (Wildman–Crippen LogP) is 5.49. The van der Waals surface area contributed by atoms with Gasteiger partial charge < -0.3 is 15.0 Å². The van der Waals surface area contributed by atoms with Crippen LogP contribution in [0.4, 0.5) is 5.69 Å². The molecule has 0 aromatic heterocycles. The van der Waals surface area contributed by atoms with Crippen molar-refractivity contribution in [2.75, 3.05) is 18.5 Å². The van der Waals surface area contributed by atoms with E-state index < -0.39 is 0 Å². The molecular formula is C26H27BrN2O3. The van der Waals surface area contributed by atoms with Crippen molar-refractivity contribution in [1.82, 2.24) is 5.32 Å². The van der Waals surface area contributed by atoms with Crippen molar-refractivity contribution in [2.24, 2.45) is 0 Å². The Kier molecular flexibility index (Phi) is 8.06. The van der Waals surface area contributed by atoms with E-state index in [-0.39, 0.29) is 17.9 Å². The van der Waals surface area contributed by atoms with Crippen molar-refractivity contribution in [1.29, 1.82) is 0 Å². The van der Waals surface area contributed by atoms with E-state index in [0.717, 1.165) is 12.0 Å². The number of hydrogen-bond acceptors (Lipinski definition) is 3. The number of nitrogens with zero attached hydrogens (tertiary/aromatic N) is 1. The molecule has 3 aromatic carbocycles. The van der Waals surface area contributed by atoms with Gasteiger partial charge in [-0.1, -0.05) is 42.5 Å². The third-order valence-electron chi connectivity index (χ3n) is 4.90. The Morgan fingerprint density at radius 1 is 1.00 bits per heavy atom. The summed E-state index contributed by atoms with van der Waals surface area (Å²) in [6.45, 7) is 4.40. The zero-order valence-corrected chi connectivity index (χ0v) is 20.1. The number of hydrogen-bond donors (Lipinski definition) is 1. The van der Waals surface area contributed by atoms with Crippen molar-refractivity contribution in [3.63, 3.8) is 0 Å². The lowest BCUT2D eigenvalue weighted by Gasteiger charge is -2.21. The Morgan fingerprint density at radius 3 is 2.38 bits per heavy atom. The Labute approximate surface area is 197 Å². The Morgan fingerprint density at radius 2 is 1.69 bits per heavy atom. The maximum absolute atomic E-state index is 13.1. The number of para-hydroxylation sites is 1. The summed E-state index contributed by atoms with van der Waals surface area (Å²) in [7, 11) is 1.67. The van der Waals surface area contributed by atoms with Crippen LogP contribution in [0.2, 0.25) is 0 Å². The largest absolute Gasteiger partial charge is 0.490 e. The van der Waals surface area contributed by atoms with E-state index in [2.05, 4.69) is 21.2 Å². The van der Waals surface area contributed by atoms with Gasteiger partial charge in [0, 0.05) is 19.2 Å². The summed E-state index contributed by atoms with van der Waals surface area (Å²) in [6, 6.07) is 22.3. The summed E-state index contributed by atoms with van der Waals surface area (Å²) in [6.07, 6.45) is 0.769. The third kappa shape index (κ3) is 5.98. The maximum Gasteiger partial charge on any atom is 0.258 e. The van der Waals surface area contributed by atoms with Gasteiger partial charge in [-0.2, -0.15) is 0 Å². The number of amides is 2. The first kappa shape index (κ1) is 23.5. The number of nitrogens with one attached hydrogen (secondary N) is 1. The summed E-state index contributed by atoms with van der Waals surface area (Å²) in [5, 5.41) is 2.96. The smallest absolute Gasteiger partial charge is 0.258 e. The number of carbonyl (C=O) groups is 2. The molecule has 0 fully saturated rings. The molecule has 0 unspecified atom stereocenters. The molecule has 0 aliphatic carbocycles. The van der Waals surface area contributed by atoms with Crippen molar-refractivity contribution < 1.29 is 14.3 Å². The molecular weight excluding hydrogens is 468 g/mol. The molecule has 3 rings (SSSR count).